The molecule has 0 spiro atoms. The number of hydrogen-bond acceptors (Lipinski definition) is 5. The molecule has 1 fully saturated rings. The van der Waals surface area contributed by atoms with Crippen molar-refractivity contribution in [2.24, 2.45) is 4.99 Å². The highest BCUT2D eigenvalue weighted by Gasteiger charge is 2.33. The standard InChI is InChI=1S/C25H30N2O4/c1-4-18-6-8-19(9-7-18)17-31-23-11-10-20(14-24(23)30-3)21-15-27(16-21)25(29)22(5-2)26-12-13-28/h5-12,14,21,28H,4,13,15-17H2,1-3H3/b22-5-,26-12?. The Bertz CT molecular complexity index is 944. The lowest BCUT2D eigenvalue weighted by Gasteiger charge is -2.39. The highest BCUT2D eigenvalue weighted by molar-refractivity contribution is 5.95. The normalized spacial score (nSPS) is 14.6. The SMILES string of the molecule is C/C=C(\N=CCO)C(=O)N1CC(c2ccc(OCc3ccc(CC)cc3)c(OC)c2)C1. The van der Waals surface area contributed by atoms with E-state index >= 15 is 0 Å². The molecule has 0 bridgehead atoms. The molecule has 6 heteroatoms. The van der Waals surface area contributed by atoms with Crippen molar-refractivity contribution in [1.29, 1.82) is 0 Å². The molecule has 1 aliphatic heterocycles. The van der Waals surface area contributed by atoms with Crippen molar-refractivity contribution in [3.63, 3.8) is 0 Å². The van der Waals surface area contributed by atoms with Crippen LogP contribution < -0.4 is 9.47 Å². The van der Waals surface area contributed by atoms with E-state index in [4.69, 9.17) is 14.6 Å². The summed E-state index contributed by atoms with van der Waals surface area (Å²) in [6.45, 7) is 5.44. The Morgan fingerprint density at radius 1 is 1.16 bits per heavy atom. The Labute approximate surface area is 183 Å². The van der Waals surface area contributed by atoms with Gasteiger partial charge in [-0.1, -0.05) is 43.3 Å². The van der Waals surface area contributed by atoms with Crippen LogP contribution in [0.3, 0.4) is 0 Å². The van der Waals surface area contributed by atoms with Crippen LogP contribution in [0.5, 0.6) is 11.5 Å². The van der Waals surface area contributed by atoms with Gasteiger partial charge in [0.1, 0.15) is 12.3 Å². The van der Waals surface area contributed by atoms with Gasteiger partial charge in [0.05, 0.1) is 13.7 Å². The molecule has 1 amide bonds. The number of rotatable bonds is 9. The number of ether oxygens (including phenoxy) is 2. The average Bonchev–Trinajstić information content (AvgIpc) is 2.77. The molecule has 1 heterocycles. The summed E-state index contributed by atoms with van der Waals surface area (Å²) >= 11 is 0. The molecule has 3 rings (SSSR count). The van der Waals surface area contributed by atoms with Gasteiger partial charge in [0, 0.05) is 25.2 Å². The number of carbonyl (C=O) groups is 1. The van der Waals surface area contributed by atoms with Gasteiger partial charge in [-0.2, -0.15) is 0 Å². The quantitative estimate of drug-likeness (QED) is 0.494. The van der Waals surface area contributed by atoms with Crippen LogP contribution in [0.2, 0.25) is 0 Å². The number of hydrogen-bond donors (Lipinski definition) is 1. The molecule has 1 saturated heterocycles. The van der Waals surface area contributed by atoms with Gasteiger partial charge in [0.25, 0.3) is 5.91 Å². The first-order valence-corrected chi connectivity index (χ1v) is 10.6. The minimum Gasteiger partial charge on any atom is -0.493 e. The van der Waals surface area contributed by atoms with E-state index in [9.17, 15) is 4.79 Å². The Balaban J connectivity index is 1.60. The average molecular weight is 423 g/mol. The van der Waals surface area contributed by atoms with Crippen LogP contribution in [0.25, 0.3) is 0 Å². The topological polar surface area (TPSA) is 71.4 Å². The van der Waals surface area contributed by atoms with Crippen molar-refractivity contribution in [2.75, 3.05) is 26.8 Å². The van der Waals surface area contributed by atoms with Gasteiger partial charge in [0.2, 0.25) is 0 Å². The monoisotopic (exact) mass is 422 g/mol. The Morgan fingerprint density at radius 3 is 2.48 bits per heavy atom. The molecular formula is C25H30N2O4. The fourth-order valence-electron chi connectivity index (χ4n) is 3.50. The Hall–Kier alpha value is -3.12. The largest absolute Gasteiger partial charge is 0.493 e. The van der Waals surface area contributed by atoms with E-state index in [1.165, 1.54) is 11.8 Å². The highest BCUT2D eigenvalue weighted by atomic mass is 16.5. The van der Waals surface area contributed by atoms with Gasteiger partial charge in [-0.15, -0.1) is 0 Å². The lowest BCUT2D eigenvalue weighted by molar-refractivity contribution is -0.131. The maximum Gasteiger partial charge on any atom is 0.272 e. The number of nitrogens with zero attached hydrogens (tertiary/aromatic N) is 2. The zero-order valence-electron chi connectivity index (χ0n) is 18.4. The third-order valence-corrected chi connectivity index (χ3v) is 5.46. The molecule has 0 saturated carbocycles. The third kappa shape index (κ3) is 5.52. The van der Waals surface area contributed by atoms with Crippen molar-refractivity contribution < 1.29 is 19.4 Å². The van der Waals surface area contributed by atoms with Crippen molar-refractivity contribution in [2.45, 2.75) is 32.8 Å². The molecule has 2 aromatic carbocycles. The number of aryl methyl sites for hydroxylation is 1. The van der Waals surface area contributed by atoms with Gasteiger partial charge in [-0.05, 0) is 42.2 Å². The first kappa shape index (κ1) is 22.6. The molecule has 0 aromatic heterocycles. The second-order valence-corrected chi connectivity index (χ2v) is 7.44. The minimum atomic E-state index is -0.189. The maximum absolute atomic E-state index is 12.5. The van der Waals surface area contributed by atoms with Crippen LogP contribution in [0.4, 0.5) is 0 Å². The number of allylic oxidation sites excluding steroid dienone is 1. The minimum absolute atomic E-state index is 0.121. The molecule has 0 unspecified atom stereocenters. The van der Waals surface area contributed by atoms with Crippen molar-refractivity contribution >= 4 is 12.1 Å². The molecule has 6 nitrogen and oxygen atoms in total. The van der Waals surface area contributed by atoms with E-state index in [0.717, 1.165) is 17.5 Å². The lowest BCUT2D eigenvalue weighted by Crippen LogP contribution is -2.48. The molecule has 2 aromatic rings. The van der Waals surface area contributed by atoms with Crippen LogP contribution in [-0.4, -0.2) is 48.9 Å². The van der Waals surface area contributed by atoms with Gasteiger partial charge in [-0.25, -0.2) is 0 Å². The number of amides is 1. The number of aliphatic hydroxyl groups excluding tert-OH is 1. The summed E-state index contributed by atoms with van der Waals surface area (Å²) in [4.78, 5) is 18.3. The Morgan fingerprint density at radius 2 is 1.87 bits per heavy atom. The molecule has 31 heavy (non-hydrogen) atoms. The number of carbonyl (C=O) groups excluding carboxylic acids is 1. The molecule has 1 aliphatic rings. The lowest BCUT2D eigenvalue weighted by atomic mass is 9.91. The third-order valence-electron chi connectivity index (χ3n) is 5.46. The number of aliphatic hydroxyl groups is 1. The fourth-order valence-corrected chi connectivity index (χ4v) is 3.50. The van der Waals surface area contributed by atoms with Crippen LogP contribution in [0, 0.1) is 0 Å². The zero-order chi connectivity index (χ0) is 22.2. The summed E-state index contributed by atoms with van der Waals surface area (Å²) < 4.78 is 11.5. The summed E-state index contributed by atoms with van der Waals surface area (Å²) in [5.74, 6) is 1.51. The van der Waals surface area contributed by atoms with Crippen molar-refractivity contribution in [3.8, 4) is 11.5 Å². The summed E-state index contributed by atoms with van der Waals surface area (Å²) in [6, 6.07) is 14.4. The number of benzene rings is 2. The highest BCUT2D eigenvalue weighted by Crippen LogP contribution is 2.35. The molecule has 0 radical (unpaired) electrons. The van der Waals surface area contributed by atoms with Crippen molar-refractivity contribution in [3.05, 3.63) is 70.9 Å². The predicted octanol–water partition coefficient (Wildman–Crippen LogP) is 3.73. The van der Waals surface area contributed by atoms with Crippen LogP contribution in [-0.2, 0) is 17.8 Å². The first-order valence-electron chi connectivity index (χ1n) is 10.6. The molecule has 0 aliphatic carbocycles. The fraction of sp³-hybridized carbons (Fsp3) is 0.360. The van der Waals surface area contributed by atoms with E-state index < -0.39 is 0 Å². The van der Waals surface area contributed by atoms with Gasteiger partial charge >= 0.3 is 0 Å². The molecule has 164 valence electrons. The van der Waals surface area contributed by atoms with Crippen molar-refractivity contribution in [1.82, 2.24) is 4.90 Å². The Kier molecular flexibility index (Phi) is 7.84. The van der Waals surface area contributed by atoms with Crippen LogP contribution in [0.1, 0.15) is 36.5 Å². The van der Waals surface area contributed by atoms with Gasteiger partial charge < -0.3 is 19.5 Å². The first-order chi connectivity index (χ1) is 15.1. The smallest absolute Gasteiger partial charge is 0.272 e. The number of likely N-dealkylation sites (tertiary alicyclic amines) is 1. The van der Waals surface area contributed by atoms with E-state index in [-0.39, 0.29) is 18.4 Å². The van der Waals surface area contributed by atoms with E-state index in [0.29, 0.717) is 36.9 Å². The van der Waals surface area contributed by atoms with Gasteiger partial charge in [-0.3, -0.25) is 9.79 Å². The molecule has 1 N–H and O–H groups in total. The summed E-state index contributed by atoms with van der Waals surface area (Å²) in [6.07, 6.45) is 4.01. The van der Waals surface area contributed by atoms with Crippen LogP contribution in [0.15, 0.2) is 59.2 Å². The predicted molar refractivity (Wildman–Crippen MR) is 122 cm³/mol. The zero-order valence-corrected chi connectivity index (χ0v) is 18.4. The summed E-state index contributed by atoms with van der Waals surface area (Å²) in [5.41, 5.74) is 3.88. The number of aliphatic imine (C=N–C) groups is 1. The van der Waals surface area contributed by atoms with E-state index in [2.05, 4.69) is 36.2 Å². The summed E-state index contributed by atoms with van der Waals surface area (Å²) in [7, 11) is 1.64. The molecular weight excluding hydrogens is 392 g/mol. The second kappa shape index (κ2) is 10.8. The van der Waals surface area contributed by atoms with Gasteiger partial charge in [0.15, 0.2) is 11.5 Å². The van der Waals surface area contributed by atoms with E-state index in [1.807, 2.05) is 18.2 Å². The maximum atomic E-state index is 12.5. The molecule has 0 atom stereocenters. The second-order valence-electron chi connectivity index (χ2n) is 7.44. The number of methoxy groups -OCH3 is 1. The summed E-state index contributed by atoms with van der Waals surface area (Å²) in [5, 5.41) is 8.87. The van der Waals surface area contributed by atoms with Crippen LogP contribution >= 0.6 is 0 Å². The van der Waals surface area contributed by atoms with E-state index in [1.54, 1.807) is 25.0 Å².